The lowest BCUT2D eigenvalue weighted by atomic mass is 10.1. The molecule has 0 fully saturated rings. The van der Waals surface area contributed by atoms with Gasteiger partial charge in [-0.05, 0) is 37.1 Å². The van der Waals surface area contributed by atoms with Gasteiger partial charge in [0.2, 0.25) is 12.1 Å². The molecule has 0 saturated heterocycles. The molecule has 0 bridgehead atoms. The monoisotopic (exact) mass is 668 g/mol. The molecule has 6 rings (SSSR count). The molecule has 0 N–H and O–H groups in total. The van der Waals surface area contributed by atoms with Crippen LogP contribution in [0.15, 0.2) is 95.3 Å². The number of allylic oxidation sites excluding steroid dienone is 4. The van der Waals surface area contributed by atoms with E-state index in [0.717, 1.165) is 32.1 Å². The van der Waals surface area contributed by atoms with E-state index in [-0.39, 0.29) is 2.85 Å². The third-order valence-electron chi connectivity index (χ3n) is 8.89. The minimum absolute atomic E-state index is 0. The van der Waals surface area contributed by atoms with Gasteiger partial charge in [0.25, 0.3) is 0 Å². The summed E-state index contributed by atoms with van der Waals surface area (Å²) >= 11 is 0. The van der Waals surface area contributed by atoms with Gasteiger partial charge < -0.3 is 17.6 Å². The van der Waals surface area contributed by atoms with Crippen LogP contribution >= 0.6 is 0 Å². The second kappa shape index (κ2) is 18.1. The minimum atomic E-state index is 0. The average molecular weight is 668 g/mol. The second-order valence-corrected chi connectivity index (χ2v) is 13.5. The number of fused-ring (bicyclic) bond motifs is 3. The van der Waals surface area contributed by atoms with Gasteiger partial charge >= 0.3 is 0 Å². The highest BCUT2D eigenvalue weighted by Gasteiger charge is 2.25. The maximum atomic E-state index is 9.43. The number of carbonyl (C=O) groups is 1. The molecule has 3 aliphatic heterocycles. The van der Waals surface area contributed by atoms with Gasteiger partial charge in [-0.3, -0.25) is 4.79 Å². The first-order chi connectivity index (χ1) is 23.3. The molecule has 0 aromatic heterocycles. The summed E-state index contributed by atoms with van der Waals surface area (Å²) in [7, 11) is 18.1. The lowest BCUT2D eigenvalue weighted by Crippen LogP contribution is -2.14. The van der Waals surface area contributed by atoms with Crippen LogP contribution in [0.1, 0.15) is 46.7 Å². The number of likely N-dealkylation sites (N-methyl/N-ethyl adjacent to an activating group) is 2. The number of nitrogens with zero attached hydrogens (tertiary/aromatic N) is 6. The maximum absolute atomic E-state index is 9.43. The summed E-state index contributed by atoms with van der Waals surface area (Å²) in [5.74, 6) is 0. The number of amides is 1. The smallest absolute Gasteiger partial charge is 0.209 e. The van der Waals surface area contributed by atoms with Crippen LogP contribution in [-0.2, 0) is 24.1 Å². The average Bonchev–Trinajstić information content (AvgIpc) is 3.72. The summed E-state index contributed by atoms with van der Waals surface area (Å²) in [5.41, 5.74) is 15.4. The first-order valence-electron chi connectivity index (χ1n) is 17.1. The fourth-order valence-corrected chi connectivity index (χ4v) is 6.45. The van der Waals surface area contributed by atoms with E-state index in [1.165, 1.54) is 66.9 Å². The molecule has 3 aliphatic rings. The molecular formula is C42H61N6O+. The van der Waals surface area contributed by atoms with Crippen molar-refractivity contribution in [3.8, 4) is 0 Å². The van der Waals surface area contributed by atoms with Gasteiger partial charge in [-0.2, -0.15) is 0 Å². The summed E-state index contributed by atoms with van der Waals surface area (Å²) in [4.78, 5) is 15.5. The van der Waals surface area contributed by atoms with Crippen molar-refractivity contribution in [2.45, 2.75) is 46.5 Å². The normalized spacial score (nSPS) is 15.6. The van der Waals surface area contributed by atoms with Crippen molar-refractivity contribution in [3.05, 3.63) is 112 Å². The van der Waals surface area contributed by atoms with E-state index in [1.54, 1.807) is 14.1 Å². The molecule has 7 nitrogen and oxygen atoms in total. The van der Waals surface area contributed by atoms with E-state index >= 15 is 0 Å². The largest absolute Gasteiger partial charge is 1.00 e. The number of rotatable bonds is 4. The Morgan fingerprint density at radius 3 is 1.47 bits per heavy atom. The van der Waals surface area contributed by atoms with Crippen LogP contribution in [0.4, 0.5) is 17.1 Å². The first kappa shape index (κ1) is 38.7. The molecule has 3 heterocycles. The summed E-state index contributed by atoms with van der Waals surface area (Å²) in [6, 6.07) is 25.8. The van der Waals surface area contributed by atoms with Crippen LogP contribution in [0.3, 0.4) is 0 Å². The van der Waals surface area contributed by atoms with Crippen molar-refractivity contribution in [2.75, 3.05) is 73.2 Å². The van der Waals surface area contributed by atoms with Crippen molar-refractivity contribution in [2.24, 2.45) is 0 Å². The predicted molar refractivity (Wildman–Crippen MR) is 212 cm³/mol. The van der Waals surface area contributed by atoms with Crippen molar-refractivity contribution >= 4 is 41.6 Å². The van der Waals surface area contributed by atoms with Crippen LogP contribution in [0, 0.1) is 0 Å². The third-order valence-corrected chi connectivity index (χ3v) is 8.89. The lowest BCUT2D eigenvalue weighted by molar-refractivity contribution is -0.459. The first-order valence-corrected chi connectivity index (χ1v) is 17.1. The number of para-hydroxylation sites is 3. The fourth-order valence-electron chi connectivity index (χ4n) is 6.45. The summed E-state index contributed by atoms with van der Waals surface area (Å²) in [5, 5.41) is 0. The van der Waals surface area contributed by atoms with E-state index in [1.807, 2.05) is 0 Å². The van der Waals surface area contributed by atoms with Crippen molar-refractivity contribution < 1.29 is 21.4 Å². The topological polar surface area (TPSA) is 35.8 Å². The number of benzene rings is 3. The zero-order valence-corrected chi connectivity index (χ0v) is 32.1. The Hall–Kier alpha value is -4.78. The highest BCUT2D eigenvalue weighted by molar-refractivity contribution is 5.86. The number of hydrogen-bond acceptors (Lipinski definition) is 3. The van der Waals surface area contributed by atoms with E-state index in [4.69, 9.17) is 0 Å². The standard InChI is InChI=1S/2C14H19N2.C11H14N.C3H7NO.2H/c2*1-11(10-15(2)3)14-9-12-7-5-6-8-13(12)16(14)4;1-3-10-8-9-6-4-5-7-11(9)12(10)2;1-4(2)3-5;;/h2*5-8,10H,9H2,1-4H3;4-7H,3,8H2,1-2H3;3H,1-2H3;;/q3*+1;;2*-1/i;;;;2*1+1. The summed E-state index contributed by atoms with van der Waals surface area (Å²) < 4.78 is 6.51. The highest BCUT2D eigenvalue weighted by Crippen LogP contribution is 2.35. The molecule has 1 amide bonds. The Balaban J connectivity index is 0.000000355. The van der Waals surface area contributed by atoms with E-state index in [9.17, 15) is 4.79 Å². The number of hydrogen-bond donors (Lipinski definition) is 0. The predicted octanol–water partition coefficient (Wildman–Crippen LogP) is 6.89. The Bertz CT molecular complexity index is 1690. The molecule has 7 heteroatoms. The van der Waals surface area contributed by atoms with Gasteiger partial charge in [0.05, 0.1) is 6.42 Å². The number of anilines is 2. The van der Waals surface area contributed by atoms with Crippen molar-refractivity contribution in [1.82, 2.24) is 4.90 Å². The van der Waals surface area contributed by atoms with Crippen molar-refractivity contribution in [3.63, 3.8) is 0 Å². The Labute approximate surface area is 299 Å². The molecule has 0 radical (unpaired) electrons. The van der Waals surface area contributed by atoms with Gasteiger partial charge in [-0.25, -0.2) is 13.7 Å². The fraction of sp³-hybridized carbons (Fsp3) is 0.381. The molecular weight excluding hydrogens is 605 g/mol. The SMILES string of the molecule is CC(C=[N+](C)C)=C1Cc2ccccc2N1C.CC(C=[N+](C)C)=C1Cc2ccccc2N1C.CCC1=[N+](C)c2ccccc2C1.CN(C)C=O.[2H-].[2H-]. The van der Waals surface area contributed by atoms with Crippen LogP contribution in [0.5, 0.6) is 0 Å². The number of carbonyl (C=O) groups excluding carboxylic acids is 1. The molecule has 0 saturated carbocycles. The van der Waals surface area contributed by atoms with E-state index in [2.05, 4.69) is 179 Å². The van der Waals surface area contributed by atoms with E-state index in [0.29, 0.717) is 0 Å². The zero-order valence-electron chi connectivity index (χ0n) is 34.1. The van der Waals surface area contributed by atoms with Gasteiger partial charge in [-0.1, -0.05) is 61.5 Å². The van der Waals surface area contributed by atoms with Crippen molar-refractivity contribution in [1.29, 1.82) is 0 Å². The second-order valence-electron chi connectivity index (χ2n) is 13.5. The van der Waals surface area contributed by atoms with Gasteiger partial charge in [0.15, 0.2) is 18.1 Å². The third kappa shape index (κ3) is 10.4. The minimum Gasteiger partial charge on any atom is -1.00 e. The van der Waals surface area contributed by atoms with Crippen LogP contribution < -0.4 is 9.80 Å². The van der Waals surface area contributed by atoms with Gasteiger partial charge in [-0.15, -0.1) is 0 Å². The Kier molecular flexibility index (Phi) is 14.3. The van der Waals surface area contributed by atoms with Crippen LogP contribution in [0.25, 0.3) is 0 Å². The molecule has 0 aliphatic carbocycles. The van der Waals surface area contributed by atoms with Crippen LogP contribution in [0.2, 0.25) is 0 Å². The quantitative estimate of drug-likeness (QED) is 0.173. The summed E-state index contributed by atoms with van der Waals surface area (Å²) in [6.07, 6.45) is 9.50. The van der Waals surface area contributed by atoms with Gasteiger partial charge in [0.1, 0.15) is 35.2 Å². The molecule has 3 aromatic carbocycles. The Morgan fingerprint density at radius 1 is 0.735 bits per heavy atom. The molecule has 0 spiro atoms. The lowest BCUT2D eigenvalue weighted by Gasteiger charge is -2.15. The Morgan fingerprint density at radius 2 is 1.12 bits per heavy atom. The maximum Gasteiger partial charge on any atom is 0.209 e. The molecule has 0 unspecified atom stereocenters. The molecule has 0 atom stereocenters. The zero-order chi connectivity index (χ0) is 36.2. The molecule has 49 heavy (non-hydrogen) atoms. The highest BCUT2D eigenvalue weighted by atomic mass is 16.1. The summed E-state index contributed by atoms with van der Waals surface area (Å²) in [6.45, 7) is 6.58. The molecule has 264 valence electrons. The van der Waals surface area contributed by atoms with Crippen LogP contribution in [-0.4, -0.2) is 107 Å². The van der Waals surface area contributed by atoms with E-state index < -0.39 is 0 Å². The van der Waals surface area contributed by atoms with Gasteiger partial charge in [0, 0.05) is 93.0 Å². The molecule has 3 aromatic rings.